The number of pyridine rings is 1. The molecular weight excluding hydrogens is 280 g/mol. The predicted molar refractivity (Wildman–Crippen MR) is 72.7 cm³/mol. The Balaban J connectivity index is 1.95. The second kappa shape index (κ2) is 4.59. The van der Waals surface area contributed by atoms with Crippen LogP contribution in [0.25, 0.3) is 5.52 Å². The zero-order valence-corrected chi connectivity index (χ0v) is 11.5. The summed E-state index contributed by atoms with van der Waals surface area (Å²) < 4.78 is 25.5. The minimum atomic E-state index is -3.00. The first kappa shape index (κ1) is 13.1. The van der Waals surface area contributed by atoms with Crippen LogP contribution in [-0.4, -0.2) is 39.9 Å². The van der Waals surface area contributed by atoms with E-state index in [1.54, 1.807) is 16.8 Å². The zero-order valence-electron chi connectivity index (χ0n) is 10.7. The van der Waals surface area contributed by atoms with Crippen LogP contribution in [0, 0.1) is 0 Å². The number of sulfone groups is 1. The highest BCUT2D eigenvalue weighted by molar-refractivity contribution is 7.92. The highest BCUT2D eigenvalue weighted by Gasteiger charge is 2.32. The fourth-order valence-electron chi connectivity index (χ4n) is 2.63. The molecule has 20 heavy (non-hydrogen) atoms. The van der Waals surface area contributed by atoms with E-state index in [-0.39, 0.29) is 16.6 Å². The first-order chi connectivity index (χ1) is 9.47. The van der Waals surface area contributed by atoms with Crippen LogP contribution in [0.5, 0.6) is 0 Å². The van der Waals surface area contributed by atoms with Gasteiger partial charge in [0.15, 0.2) is 9.84 Å². The molecule has 0 spiro atoms. The number of aromatic nitrogens is 2. The van der Waals surface area contributed by atoms with Crippen LogP contribution in [0.1, 0.15) is 29.0 Å². The Kier molecular flexibility index (Phi) is 3.01. The van der Waals surface area contributed by atoms with E-state index < -0.39 is 15.8 Å². The molecule has 2 aromatic heterocycles. The number of fused-ring (bicyclic) bond motifs is 1. The molecule has 1 aliphatic heterocycles. The third-order valence-corrected chi connectivity index (χ3v) is 6.00. The maximum atomic E-state index is 11.9. The predicted octanol–water partition coefficient (Wildman–Crippen LogP) is 1.15. The number of rotatable bonds is 3. The van der Waals surface area contributed by atoms with Crippen molar-refractivity contribution in [3.05, 3.63) is 35.9 Å². The van der Waals surface area contributed by atoms with Gasteiger partial charge in [0.25, 0.3) is 0 Å². The first-order valence-electron chi connectivity index (χ1n) is 6.38. The quantitative estimate of drug-likeness (QED) is 0.917. The van der Waals surface area contributed by atoms with Crippen molar-refractivity contribution in [3.63, 3.8) is 0 Å². The fourth-order valence-corrected chi connectivity index (χ4v) is 4.46. The molecule has 6 nitrogen and oxygen atoms in total. The molecule has 7 heteroatoms. The van der Waals surface area contributed by atoms with Gasteiger partial charge in [0.05, 0.1) is 28.3 Å². The second-order valence-corrected chi connectivity index (χ2v) is 7.43. The number of carboxylic acid groups (broad SMARTS) is 1. The van der Waals surface area contributed by atoms with Crippen LogP contribution in [0.15, 0.2) is 24.5 Å². The summed E-state index contributed by atoms with van der Waals surface area (Å²) >= 11 is 0. The summed E-state index contributed by atoms with van der Waals surface area (Å²) in [5, 5.41) is 8.57. The second-order valence-electron chi connectivity index (χ2n) is 5.03. The molecule has 1 fully saturated rings. The van der Waals surface area contributed by atoms with Crippen LogP contribution < -0.4 is 0 Å². The lowest BCUT2D eigenvalue weighted by atomic mass is 10.2. The lowest BCUT2D eigenvalue weighted by Gasteiger charge is -2.08. The lowest BCUT2D eigenvalue weighted by Crippen LogP contribution is -2.19. The number of carbonyl (C=O) groups is 1. The van der Waals surface area contributed by atoms with Crippen molar-refractivity contribution in [2.75, 3.05) is 5.75 Å². The van der Waals surface area contributed by atoms with Gasteiger partial charge < -0.3 is 9.51 Å². The van der Waals surface area contributed by atoms with E-state index in [2.05, 4.69) is 4.98 Å². The molecule has 1 saturated heterocycles. The molecule has 106 valence electrons. The maximum absolute atomic E-state index is 11.9. The zero-order chi connectivity index (χ0) is 14.3. The van der Waals surface area contributed by atoms with Gasteiger partial charge in [-0.25, -0.2) is 18.2 Å². The third kappa shape index (κ3) is 2.18. The Morgan fingerprint density at radius 1 is 1.50 bits per heavy atom. The van der Waals surface area contributed by atoms with Crippen molar-refractivity contribution >= 4 is 21.3 Å². The summed E-state index contributed by atoms with van der Waals surface area (Å²) in [7, 11) is -3.00. The maximum Gasteiger partial charge on any atom is 0.335 e. The summed E-state index contributed by atoms with van der Waals surface area (Å²) in [6.45, 7) is 0. The van der Waals surface area contributed by atoms with Crippen LogP contribution >= 0.6 is 0 Å². The van der Waals surface area contributed by atoms with E-state index in [9.17, 15) is 13.2 Å². The molecule has 0 aliphatic carbocycles. The van der Waals surface area contributed by atoms with Gasteiger partial charge in [-0.15, -0.1) is 0 Å². The number of hydrogen-bond donors (Lipinski definition) is 1. The average molecular weight is 294 g/mol. The highest BCUT2D eigenvalue weighted by Crippen LogP contribution is 2.23. The molecular formula is C13H14N2O4S. The van der Waals surface area contributed by atoms with Gasteiger partial charge >= 0.3 is 5.97 Å². The molecule has 2 aromatic rings. The van der Waals surface area contributed by atoms with Crippen molar-refractivity contribution in [2.45, 2.75) is 24.5 Å². The summed E-state index contributed by atoms with van der Waals surface area (Å²) in [6, 6.07) is 3.02. The Hall–Kier alpha value is -1.89. The normalized spacial score (nSPS) is 21.3. The van der Waals surface area contributed by atoms with Crippen molar-refractivity contribution < 1.29 is 18.3 Å². The standard InChI is InChI=1S/C13H14N2O4S/c16-13(17)9-3-4-15-10(6-9)8-14-12(15)7-11-2-1-5-20(11,18)19/h3-4,6,8,11H,1-2,5,7H2,(H,16,17). The number of carboxylic acids is 1. The topological polar surface area (TPSA) is 88.7 Å². The minimum Gasteiger partial charge on any atom is -0.478 e. The summed E-state index contributed by atoms with van der Waals surface area (Å²) in [5.74, 6) is -0.0783. The SMILES string of the molecule is O=C(O)c1ccn2c(CC3CCCS3(=O)=O)ncc2c1. The average Bonchev–Trinajstić information content (AvgIpc) is 2.94. The van der Waals surface area contributed by atoms with Crippen molar-refractivity contribution in [3.8, 4) is 0 Å². The Morgan fingerprint density at radius 2 is 2.30 bits per heavy atom. The van der Waals surface area contributed by atoms with Crippen LogP contribution in [0.2, 0.25) is 0 Å². The molecule has 3 rings (SSSR count). The van der Waals surface area contributed by atoms with Crippen LogP contribution in [0.4, 0.5) is 0 Å². The monoisotopic (exact) mass is 294 g/mol. The molecule has 0 aromatic carbocycles. The molecule has 0 bridgehead atoms. The first-order valence-corrected chi connectivity index (χ1v) is 8.10. The van der Waals surface area contributed by atoms with Crippen molar-refractivity contribution in [1.82, 2.24) is 9.38 Å². The van der Waals surface area contributed by atoms with Crippen molar-refractivity contribution in [2.24, 2.45) is 0 Å². The molecule has 1 atom stereocenters. The van der Waals surface area contributed by atoms with E-state index in [0.717, 1.165) is 0 Å². The Morgan fingerprint density at radius 3 is 2.95 bits per heavy atom. The highest BCUT2D eigenvalue weighted by atomic mass is 32.2. The van der Waals surface area contributed by atoms with E-state index in [4.69, 9.17) is 5.11 Å². The number of imidazole rings is 1. The smallest absolute Gasteiger partial charge is 0.335 e. The van der Waals surface area contributed by atoms with Gasteiger partial charge in [-0.3, -0.25) is 0 Å². The van der Waals surface area contributed by atoms with Gasteiger partial charge in [-0.2, -0.15) is 0 Å². The van der Waals surface area contributed by atoms with Gasteiger partial charge in [-0.1, -0.05) is 0 Å². The van der Waals surface area contributed by atoms with E-state index >= 15 is 0 Å². The minimum absolute atomic E-state index is 0.192. The molecule has 0 amide bonds. The molecule has 1 N–H and O–H groups in total. The van der Waals surface area contributed by atoms with Gasteiger partial charge in [0, 0.05) is 12.6 Å². The third-order valence-electron chi connectivity index (χ3n) is 3.73. The summed E-state index contributed by atoms with van der Waals surface area (Å²) in [6.07, 6.45) is 4.96. The van der Waals surface area contributed by atoms with Crippen molar-refractivity contribution in [1.29, 1.82) is 0 Å². The van der Waals surface area contributed by atoms with Crippen LogP contribution in [-0.2, 0) is 16.3 Å². The molecule has 3 heterocycles. The van der Waals surface area contributed by atoms with Gasteiger partial charge in [0.1, 0.15) is 5.82 Å². The molecule has 1 aliphatic rings. The number of nitrogens with zero attached hydrogens (tertiary/aromatic N) is 2. The fraction of sp³-hybridized carbons (Fsp3) is 0.385. The number of hydrogen-bond acceptors (Lipinski definition) is 4. The molecule has 1 unspecified atom stereocenters. The van der Waals surface area contributed by atoms with E-state index in [0.29, 0.717) is 30.6 Å². The molecule has 0 saturated carbocycles. The lowest BCUT2D eigenvalue weighted by molar-refractivity contribution is 0.0697. The van der Waals surface area contributed by atoms with Crippen LogP contribution in [0.3, 0.4) is 0 Å². The van der Waals surface area contributed by atoms with Gasteiger partial charge in [-0.05, 0) is 25.0 Å². The Labute approximate surface area is 116 Å². The summed E-state index contributed by atoms with van der Waals surface area (Å²) in [4.78, 5) is 15.1. The largest absolute Gasteiger partial charge is 0.478 e. The number of aromatic carboxylic acids is 1. The van der Waals surface area contributed by atoms with E-state index in [1.165, 1.54) is 12.1 Å². The Bertz CT molecular complexity index is 779. The molecule has 0 radical (unpaired) electrons. The summed E-state index contributed by atoms with van der Waals surface area (Å²) in [5.41, 5.74) is 0.854. The van der Waals surface area contributed by atoms with E-state index in [1.807, 2.05) is 0 Å². The van der Waals surface area contributed by atoms with Gasteiger partial charge in [0.2, 0.25) is 0 Å².